The summed E-state index contributed by atoms with van der Waals surface area (Å²) in [5.74, 6) is 1.96. The average molecular weight is 623 g/mol. The summed E-state index contributed by atoms with van der Waals surface area (Å²) in [4.78, 5) is 31.3. The minimum absolute atomic E-state index is 0.225. The number of rotatable bonds is 13. The van der Waals surface area contributed by atoms with E-state index in [-0.39, 0.29) is 24.9 Å². The molecule has 0 fully saturated rings. The summed E-state index contributed by atoms with van der Waals surface area (Å²) in [5, 5.41) is 17.7. The van der Waals surface area contributed by atoms with Gasteiger partial charge in [0.25, 0.3) is 0 Å². The normalized spacial score (nSPS) is 11.9. The Morgan fingerprint density at radius 3 is 2.20 bits per heavy atom. The van der Waals surface area contributed by atoms with E-state index in [4.69, 9.17) is 18.9 Å². The second kappa shape index (κ2) is 14.2. The van der Waals surface area contributed by atoms with Gasteiger partial charge in [0.05, 0.1) is 28.4 Å². The van der Waals surface area contributed by atoms with E-state index in [1.807, 2.05) is 56.5 Å². The fourth-order valence-electron chi connectivity index (χ4n) is 4.61. The summed E-state index contributed by atoms with van der Waals surface area (Å²) < 4.78 is 21.5. The Labute approximate surface area is 260 Å². The van der Waals surface area contributed by atoms with Gasteiger partial charge in [0.1, 0.15) is 12.6 Å². The number of carbonyl (C=O) groups excluding carboxylic acids is 2. The second-order valence-corrected chi connectivity index (χ2v) is 11.9. The number of aromatic nitrogens is 4. The van der Waals surface area contributed by atoms with Crippen molar-refractivity contribution in [1.82, 2.24) is 30.4 Å². The van der Waals surface area contributed by atoms with Crippen LogP contribution in [0.4, 0.5) is 0 Å². The molecule has 0 radical (unpaired) electrons. The Kier molecular flexibility index (Phi) is 10.4. The molecule has 2 heterocycles. The highest BCUT2D eigenvalue weighted by Gasteiger charge is 2.34. The third kappa shape index (κ3) is 7.84. The number of ether oxygens (including phenoxy) is 4. The van der Waals surface area contributed by atoms with E-state index in [0.717, 1.165) is 10.4 Å². The average Bonchev–Trinajstić information content (AvgIpc) is 3.70. The van der Waals surface area contributed by atoms with Crippen LogP contribution in [0, 0.1) is 0 Å². The summed E-state index contributed by atoms with van der Waals surface area (Å²) in [5.41, 5.74) is 1.05. The molecule has 0 aliphatic carbocycles. The van der Waals surface area contributed by atoms with Gasteiger partial charge in [-0.1, -0.05) is 12.1 Å². The third-order valence-corrected chi connectivity index (χ3v) is 7.58. The van der Waals surface area contributed by atoms with Gasteiger partial charge in [0.15, 0.2) is 23.0 Å². The minimum Gasteiger partial charge on any atom is -0.493 e. The van der Waals surface area contributed by atoms with E-state index in [9.17, 15) is 9.59 Å². The molecular weight excluding hydrogens is 584 g/mol. The highest BCUT2D eigenvalue weighted by Crippen LogP contribution is 2.32. The van der Waals surface area contributed by atoms with Crippen LogP contribution in [0.1, 0.15) is 37.3 Å². The Hall–Kier alpha value is -4.65. The highest BCUT2D eigenvalue weighted by molar-refractivity contribution is 7.10. The number of benzene rings is 2. The van der Waals surface area contributed by atoms with Gasteiger partial charge >= 0.3 is 0 Å². The predicted molar refractivity (Wildman–Crippen MR) is 166 cm³/mol. The molecule has 4 aromatic rings. The second-order valence-electron chi connectivity index (χ2n) is 10.9. The molecule has 2 amide bonds. The number of nitrogens with zero attached hydrogens (tertiary/aromatic N) is 5. The monoisotopic (exact) mass is 622 g/mol. The molecule has 234 valence electrons. The van der Waals surface area contributed by atoms with Crippen LogP contribution in [0.5, 0.6) is 23.0 Å². The first kappa shape index (κ1) is 32.3. The van der Waals surface area contributed by atoms with Crippen molar-refractivity contribution in [3.05, 3.63) is 64.4 Å². The molecule has 0 bridgehead atoms. The number of hydrogen-bond acceptors (Lipinski definition) is 10. The molecule has 2 aromatic carbocycles. The number of thiophene rings is 1. The standard InChI is InChI=1S/C31H38N6O6S/c1-31(2,3)32-30(39)28(26-9-8-16-44-26)36(15-14-20-10-12-22(40-4)24(17-20)42-6)27(38)19-37-34-29(33-35-37)21-11-13-23(41-5)25(18-21)43-7/h8-13,16-18,28H,14-15,19H2,1-7H3,(H,32,39)/t28-/m1/s1. The van der Waals surface area contributed by atoms with Gasteiger partial charge in [0, 0.05) is 22.5 Å². The molecule has 0 spiro atoms. The lowest BCUT2D eigenvalue weighted by atomic mass is 10.1. The number of carbonyl (C=O) groups is 2. The zero-order valence-electron chi connectivity index (χ0n) is 26.0. The molecule has 0 unspecified atom stereocenters. The Bertz CT molecular complexity index is 1570. The first-order valence-corrected chi connectivity index (χ1v) is 14.8. The van der Waals surface area contributed by atoms with Crippen LogP contribution in [0.2, 0.25) is 0 Å². The lowest BCUT2D eigenvalue weighted by molar-refractivity contribution is -0.142. The smallest absolute Gasteiger partial charge is 0.248 e. The minimum atomic E-state index is -0.865. The first-order valence-electron chi connectivity index (χ1n) is 13.9. The summed E-state index contributed by atoms with van der Waals surface area (Å²) in [6.07, 6.45) is 0.457. The van der Waals surface area contributed by atoms with Gasteiger partial charge in [0.2, 0.25) is 17.6 Å². The third-order valence-electron chi connectivity index (χ3n) is 6.65. The van der Waals surface area contributed by atoms with Gasteiger partial charge in [-0.05, 0) is 79.7 Å². The van der Waals surface area contributed by atoms with E-state index in [1.54, 1.807) is 51.5 Å². The van der Waals surface area contributed by atoms with Crippen LogP contribution < -0.4 is 24.3 Å². The number of amides is 2. The topological polar surface area (TPSA) is 130 Å². The largest absolute Gasteiger partial charge is 0.493 e. The van der Waals surface area contributed by atoms with E-state index < -0.39 is 11.6 Å². The maximum absolute atomic E-state index is 14.0. The van der Waals surface area contributed by atoms with E-state index in [2.05, 4.69) is 20.7 Å². The predicted octanol–water partition coefficient (Wildman–Crippen LogP) is 4.16. The Balaban J connectivity index is 1.64. The van der Waals surface area contributed by atoms with Crippen molar-refractivity contribution in [3.63, 3.8) is 0 Å². The molecule has 13 heteroatoms. The lowest BCUT2D eigenvalue weighted by Crippen LogP contribution is -2.50. The quantitative estimate of drug-likeness (QED) is 0.234. The Morgan fingerprint density at radius 1 is 0.932 bits per heavy atom. The van der Waals surface area contributed by atoms with Crippen LogP contribution in [-0.4, -0.2) is 77.4 Å². The van der Waals surface area contributed by atoms with Crippen molar-refractivity contribution in [2.75, 3.05) is 35.0 Å². The molecule has 0 aliphatic rings. The maximum Gasteiger partial charge on any atom is 0.248 e. The number of methoxy groups -OCH3 is 4. The summed E-state index contributed by atoms with van der Waals surface area (Å²) in [6, 6.07) is 13.7. The van der Waals surface area contributed by atoms with Crippen molar-refractivity contribution in [2.24, 2.45) is 0 Å². The molecule has 12 nitrogen and oxygen atoms in total. The number of nitrogens with one attached hydrogen (secondary N) is 1. The number of hydrogen-bond donors (Lipinski definition) is 1. The van der Waals surface area contributed by atoms with Crippen LogP contribution >= 0.6 is 11.3 Å². The van der Waals surface area contributed by atoms with Gasteiger partial charge in [-0.25, -0.2) is 0 Å². The number of tetrazole rings is 1. The van der Waals surface area contributed by atoms with Crippen molar-refractivity contribution in [2.45, 2.75) is 45.3 Å². The molecule has 0 saturated carbocycles. The molecule has 0 aliphatic heterocycles. The highest BCUT2D eigenvalue weighted by atomic mass is 32.1. The Morgan fingerprint density at radius 2 is 1.59 bits per heavy atom. The summed E-state index contributed by atoms with van der Waals surface area (Å²) in [7, 11) is 6.25. The van der Waals surface area contributed by atoms with Crippen molar-refractivity contribution >= 4 is 23.2 Å². The van der Waals surface area contributed by atoms with Gasteiger partial charge in [-0.2, -0.15) is 4.80 Å². The molecule has 1 atom stereocenters. The maximum atomic E-state index is 14.0. The van der Waals surface area contributed by atoms with Crippen LogP contribution in [-0.2, 0) is 22.6 Å². The van der Waals surface area contributed by atoms with E-state index >= 15 is 0 Å². The lowest BCUT2D eigenvalue weighted by Gasteiger charge is -2.33. The van der Waals surface area contributed by atoms with Gasteiger partial charge in [-0.15, -0.1) is 21.5 Å². The van der Waals surface area contributed by atoms with Crippen molar-refractivity contribution in [1.29, 1.82) is 0 Å². The van der Waals surface area contributed by atoms with Crippen molar-refractivity contribution in [3.8, 4) is 34.4 Å². The summed E-state index contributed by atoms with van der Waals surface area (Å²) in [6.45, 7) is 5.73. The van der Waals surface area contributed by atoms with Crippen molar-refractivity contribution < 1.29 is 28.5 Å². The molecular formula is C31H38N6O6S. The molecule has 2 aromatic heterocycles. The first-order chi connectivity index (χ1) is 21.1. The molecule has 44 heavy (non-hydrogen) atoms. The SMILES string of the molecule is COc1ccc(CCN(C(=O)Cn2nnc(-c3ccc(OC)c(OC)c3)n2)[C@@H](C(=O)NC(C)(C)C)c2cccs2)cc1OC. The molecule has 0 saturated heterocycles. The van der Waals surface area contributed by atoms with E-state index in [0.29, 0.717) is 40.8 Å². The molecule has 4 rings (SSSR count). The zero-order chi connectivity index (χ0) is 31.9. The van der Waals surface area contributed by atoms with E-state index in [1.165, 1.54) is 16.1 Å². The fourth-order valence-corrected chi connectivity index (χ4v) is 5.44. The summed E-state index contributed by atoms with van der Waals surface area (Å²) >= 11 is 1.41. The molecule has 1 N–H and O–H groups in total. The van der Waals surface area contributed by atoms with Crippen LogP contribution in [0.3, 0.4) is 0 Å². The fraction of sp³-hybridized carbons (Fsp3) is 0.387. The van der Waals surface area contributed by atoms with Gasteiger partial charge < -0.3 is 29.2 Å². The van der Waals surface area contributed by atoms with Gasteiger partial charge in [-0.3, -0.25) is 9.59 Å². The zero-order valence-corrected chi connectivity index (χ0v) is 26.8. The van der Waals surface area contributed by atoms with Crippen LogP contribution in [0.25, 0.3) is 11.4 Å². The van der Waals surface area contributed by atoms with Crippen LogP contribution in [0.15, 0.2) is 53.9 Å².